The maximum Gasteiger partial charge on any atom is 0.0659 e. The van der Waals surface area contributed by atoms with Gasteiger partial charge in [-0.2, -0.15) is 5.10 Å². The molecular weight excluding hydrogens is 258 g/mol. The molecule has 0 aliphatic rings. The van der Waals surface area contributed by atoms with E-state index in [1.54, 1.807) is 0 Å². The zero-order valence-corrected chi connectivity index (χ0v) is 12.2. The van der Waals surface area contributed by atoms with Crippen LogP contribution in [0.4, 0.5) is 0 Å². The lowest BCUT2D eigenvalue weighted by Crippen LogP contribution is -2.01. The molecule has 3 rings (SSSR count). The van der Waals surface area contributed by atoms with Crippen molar-refractivity contribution < 1.29 is 0 Å². The second-order valence-electron chi connectivity index (χ2n) is 5.21. The number of aromatic nitrogens is 2. The first-order chi connectivity index (χ1) is 10.3. The number of nitrogens with two attached hydrogens (primary N) is 1. The Morgan fingerprint density at radius 2 is 1.76 bits per heavy atom. The number of benzene rings is 2. The van der Waals surface area contributed by atoms with Crippen molar-refractivity contribution >= 4 is 0 Å². The molecule has 0 atom stereocenters. The lowest BCUT2D eigenvalue weighted by Gasteiger charge is -2.09. The maximum absolute atomic E-state index is 5.81. The van der Waals surface area contributed by atoms with E-state index in [0.29, 0.717) is 6.54 Å². The summed E-state index contributed by atoms with van der Waals surface area (Å²) in [6.07, 6.45) is 2.01. The van der Waals surface area contributed by atoms with E-state index in [-0.39, 0.29) is 0 Å². The Morgan fingerprint density at radius 3 is 2.43 bits per heavy atom. The third-order valence-corrected chi connectivity index (χ3v) is 3.62. The van der Waals surface area contributed by atoms with Gasteiger partial charge in [-0.25, -0.2) is 0 Å². The highest BCUT2D eigenvalue weighted by Gasteiger charge is 2.03. The molecule has 0 amide bonds. The highest BCUT2D eigenvalue weighted by atomic mass is 15.3. The molecule has 0 saturated heterocycles. The molecule has 3 heteroatoms. The summed E-state index contributed by atoms with van der Waals surface area (Å²) in [5.74, 6) is 0. The second-order valence-corrected chi connectivity index (χ2v) is 5.21. The number of hydrogen-bond donors (Lipinski definition) is 1. The topological polar surface area (TPSA) is 43.8 Å². The summed E-state index contributed by atoms with van der Waals surface area (Å²) < 4.78 is 1.96. The molecule has 0 spiro atoms. The van der Waals surface area contributed by atoms with Gasteiger partial charge >= 0.3 is 0 Å². The van der Waals surface area contributed by atoms with Crippen LogP contribution in [0.5, 0.6) is 0 Å². The van der Waals surface area contributed by atoms with Crippen LogP contribution in [0.1, 0.15) is 16.8 Å². The van der Waals surface area contributed by atoms with E-state index in [4.69, 9.17) is 5.73 Å². The number of nitrogens with zero attached hydrogens (tertiary/aromatic N) is 2. The standard InChI is InChI=1S/C18H19N3/c1-14-10-11-21(20-14)13-15-6-8-16(9-7-15)18-5-3-2-4-17(18)12-19/h2-11H,12-13,19H2,1H3. The van der Waals surface area contributed by atoms with E-state index < -0.39 is 0 Å². The van der Waals surface area contributed by atoms with Crippen LogP contribution in [0.3, 0.4) is 0 Å². The Balaban J connectivity index is 1.83. The number of rotatable bonds is 4. The van der Waals surface area contributed by atoms with Crippen molar-refractivity contribution in [2.24, 2.45) is 5.73 Å². The summed E-state index contributed by atoms with van der Waals surface area (Å²) in [5.41, 5.74) is 11.7. The molecule has 0 saturated carbocycles. The zero-order valence-electron chi connectivity index (χ0n) is 12.2. The fourth-order valence-corrected chi connectivity index (χ4v) is 2.51. The van der Waals surface area contributed by atoms with Crippen molar-refractivity contribution in [2.75, 3.05) is 0 Å². The molecule has 0 bridgehead atoms. The highest BCUT2D eigenvalue weighted by molar-refractivity contribution is 5.67. The van der Waals surface area contributed by atoms with E-state index in [0.717, 1.165) is 12.2 Å². The van der Waals surface area contributed by atoms with Gasteiger partial charge in [0.1, 0.15) is 0 Å². The Labute approximate surface area is 125 Å². The summed E-state index contributed by atoms with van der Waals surface area (Å²) in [5, 5.41) is 4.41. The monoisotopic (exact) mass is 277 g/mol. The highest BCUT2D eigenvalue weighted by Crippen LogP contribution is 2.23. The van der Waals surface area contributed by atoms with Crippen molar-refractivity contribution in [2.45, 2.75) is 20.0 Å². The minimum atomic E-state index is 0.560. The van der Waals surface area contributed by atoms with Gasteiger partial charge in [-0.15, -0.1) is 0 Å². The van der Waals surface area contributed by atoms with Crippen molar-refractivity contribution in [3.05, 3.63) is 77.6 Å². The molecule has 1 aromatic heterocycles. The van der Waals surface area contributed by atoms with Gasteiger partial charge < -0.3 is 5.73 Å². The van der Waals surface area contributed by atoms with Crippen LogP contribution >= 0.6 is 0 Å². The molecule has 2 N–H and O–H groups in total. The largest absolute Gasteiger partial charge is 0.326 e. The Bertz CT molecular complexity index is 726. The van der Waals surface area contributed by atoms with Crippen LogP contribution in [0, 0.1) is 6.92 Å². The molecule has 3 aromatic rings. The average molecular weight is 277 g/mol. The van der Waals surface area contributed by atoms with Gasteiger partial charge in [0.15, 0.2) is 0 Å². The van der Waals surface area contributed by atoms with Gasteiger partial charge in [-0.05, 0) is 35.2 Å². The molecule has 0 aliphatic heterocycles. The SMILES string of the molecule is Cc1ccn(Cc2ccc(-c3ccccc3CN)cc2)n1. The summed E-state index contributed by atoms with van der Waals surface area (Å²) in [6.45, 7) is 3.36. The van der Waals surface area contributed by atoms with Crippen LogP contribution in [-0.2, 0) is 13.1 Å². The van der Waals surface area contributed by atoms with Gasteiger partial charge in [-0.1, -0.05) is 48.5 Å². The van der Waals surface area contributed by atoms with Crippen molar-refractivity contribution in [1.29, 1.82) is 0 Å². The van der Waals surface area contributed by atoms with Gasteiger partial charge in [-0.3, -0.25) is 4.68 Å². The normalized spacial score (nSPS) is 10.8. The van der Waals surface area contributed by atoms with Crippen LogP contribution in [0.2, 0.25) is 0 Å². The van der Waals surface area contributed by atoms with E-state index in [1.807, 2.05) is 29.9 Å². The molecular formula is C18H19N3. The first kappa shape index (κ1) is 13.6. The van der Waals surface area contributed by atoms with E-state index in [2.05, 4.69) is 47.6 Å². The van der Waals surface area contributed by atoms with Crippen LogP contribution < -0.4 is 5.73 Å². The third-order valence-electron chi connectivity index (χ3n) is 3.62. The first-order valence-electron chi connectivity index (χ1n) is 7.13. The molecule has 0 fully saturated rings. The van der Waals surface area contributed by atoms with E-state index in [9.17, 15) is 0 Å². The predicted octanol–water partition coefficient (Wildman–Crippen LogP) is 3.37. The second kappa shape index (κ2) is 5.94. The Kier molecular flexibility index (Phi) is 3.84. The maximum atomic E-state index is 5.81. The molecule has 1 heterocycles. The van der Waals surface area contributed by atoms with Crippen LogP contribution in [-0.4, -0.2) is 9.78 Å². The molecule has 0 radical (unpaired) electrons. The van der Waals surface area contributed by atoms with Gasteiger partial charge in [0.05, 0.1) is 12.2 Å². The van der Waals surface area contributed by atoms with Crippen LogP contribution in [0.15, 0.2) is 60.8 Å². The third kappa shape index (κ3) is 3.03. The quantitative estimate of drug-likeness (QED) is 0.794. The Morgan fingerprint density at radius 1 is 1.00 bits per heavy atom. The molecule has 0 unspecified atom stereocenters. The first-order valence-corrected chi connectivity index (χ1v) is 7.13. The minimum Gasteiger partial charge on any atom is -0.326 e. The van der Waals surface area contributed by atoms with Crippen molar-refractivity contribution in [3.63, 3.8) is 0 Å². The summed E-state index contributed by atoms with van der Waals surface area (Å²) in [6, 6.07) is 18.9. The van der Waals surface area contributed by atoms with Gasteiger partial charge in [0.25, 0.3) is 0 Å². The van der Waals surface area contributed by atoms with Gasteiger partial charge in [0, 0.05) is 12.7 Å². The van der Waals surface area contributed by atoms with Crippen molar-refractivity contribution in [3.8, 4) is 11.1 Å². The minimum absolute atomic E-state index is 0.560. The van der Waals surface area contributed by atoms with Crippen LogP contribution in [0.25, 0.3) is 11.1 Å². The average Bonchev–Trinajstić information content (AvgIpc) is 2.93. The van der Waals surface area contributed by atoms with Crippen molar-refractivity contribution in [1.82, 2.24) is 9.78 Å². The molecule has 21 heavy (non-hydrogen) atoms. The molecule has 0 aliphatic carbocycles. The fraction of sp³-hybridized carbons (Fsp3) is 0.167. The number of hydrogen-bond acceptors (Lipinski definition) is 2. The Hall–Kier alpha value is -2.39. The summed E-state index contributed by atoms with van der Waals surface area (Å²) >= 11 is 0. The zero-order chi connectivity index (χ0) is 14.7. The summed E-state index contributed by atoms with van der Waals surface area (Å²) in [7, 11) is 0. The lowest BCUT2D eigenvalue weighted by atomic mass is 9.99. The number of aryl methyl sites for hydroxylation is 1. The molecule has 106 valence electrons. The fourth-order valence-electron chi connectivity index (χ4n) is 2.51. The van der Waals surface area contributed by atoms with Gasteiger partial charge in [0.2, 0.25) is 0 Å². The lowest BCUT2D eigenvalue weighted by molar-refractivity contribution is 0.679. The smallest absolute Gasteiger partial charge is 0.0659 e. The molecule has 2 aromatic carbocycles. The summed E-state index contributed by atoms with van der Waals surface area (Å²) in [4.78, 5) is 0. The predicted molar refractivity (Wildman–Crippen MR) is 85.8 cm³/mol. The van der Waals surface area contributed by atoms with E-state index >= 15 is 0 Å². The van der Waals surface area contributed by atoms with E-state index in [1.165, 1.54) is 22.3 Å². The molecule has 3 nitrogen and oxygen atoms in total.